The average molecular weight is 300 g/mol. The summed E-state index contributed by atoms with van der Waals surface area (Å²) in [4.78, 5) is 2.24. The number of nitriles is 1. The van der Waals surface area contributed by atoms with Crippen LogP contribution in [-0.4, -0.2) is 15.0 Å². The molecule has 2 heteroatoms. The number of hydrogen-bond donors (Lipinski definition) is 0. The molecule has 2 aromatic carbocycles. The third-order valence-electron chi connectivity index (χ3n) is 2.90. The molecule has 18 heavy (non-hydrogen) atoms. The van der Waals surface area contributed by atoms with E-state index in [0.29, 0.717) is 0 Å². The molecule has 0 atom stereocenters. The Kier molecular flexibility index (Phi) is 4.59. The molecule has 0 aliphatic carbocycles. The first-order valence-electron chi connectivity index (χ1n) is 5.96. The summed E-state index contributed by atoms with van der Waals surface area (Å²) in [6, 6.07) is 17.3. The van der Waals surface area contributed by atoms with E-state index >= 15 is 0 Å². The second kappa shape index (κ2) is 6.40. The van der Waals surface area contributed by atoms with Crippen LogP contribution in [0, 0.1) is 17.2 Å². The molecule has 1 nitrogen and oxygen atoms in total. The quantitative estimate of drug-likeness (QED) is 0.622. The van der Waals surface area contributed by atoms with Gasteiger partial charge in [0.2, 0.25) is 0 Å². The van der Waals surface area contributed by atoms with E-state index in [0.717, 1.165) is 11.7 Å². The Morgan fingerprint density at radius 1 is 0.944 bits per heavy atom. The molecule has 0 N–H and O–H groups in total. The molecule has 0 heterocycles. The molecular formula is C16H15NSe. The Labute approximate surface area is 115 Å². The van der Waals surface area contributed by atoms with Crippen LogP contribution in [0.1, 0.15) is 11.1 Å². The number of rotatable bonds is 4. The molecule has 2 aromatic rings. The fraction of sp³-hybridized carbons (Fsp3) is 0.188. The van der Waals surface area contributed by atoms with Crippen molar-refractivity contribution in [1.29, 1.82) is 5.26 Å². The van der Waals surface area contributed by atoms with E-state index in [-0.39, 0.29) is 15.0 Å². The van der Waals surface area contributed by atoms with Crippen molar-refractivity contribution in [1.82, 2.24) is 0 Å². The number of benzene rings is 2. The number of hydrogen-bond acceptors (Lipinski definition) is 1. The van der Waals surface area contributed by atoms with Crippen molar-refractivity contribution in [2.24, 2.45) is 0 Å². The van der Waals surface area contributed by atoms with Gasteiger partial charge in [-0.25, -0.2) is 0 Å². The molecule has 0 radical (unpaired) electrons. The summed E-state index contributed by atoms with van der Waals surface area (Å²) >= 11 is 0.135. The fourth-order valence-electron chi connectivity index (χ4n) is 1.82. The zero-order valence-corrected chi connectivity index (χ0v) is 12.1. The standard InChI is InChI=1S/C16H15NSe/c1-13-2-6-15(7-3-13)16-8-4-14(5-9-16)10-11-18-12-17/h2-9H,10-11H2,1H3. The summed E-state index contributed by atoms with van der Waals surface area (Å²) in [5.74, 6) is 0. The Hall–Kier alpha value is -1.55. The van der Waals surface area contributed by atoms with Crippen molar-refractivity contribution in [2.75, 3.05) is 0 Å². The summed E-state index contributed by atoms with van der Waals surface area (Å²) in [5, 5.41) is 9.54. The van der Waals surface area contributed by atoms with E-state index in [1.54, 1.807) is 0 Å². The molecule has 0 unspecified atom stereocenters. The van der Waals surface area contributed by atoms with Crippen LogP contribution in [0.5, 0.6) is 0 Å². The molecule has 0 saturated heterocycles. The summed E-state index contributed by atoms with van der Waals surface area (Å²) in [6.07, 6.45) is 1.02. The van der Waals surface area contributed by atoms with Gasteiger partial charge in [0.25, 0.3) is 0 Å². The van der Waals surface area contributed by atoms with Crippen LogP contribution in [0.25, 0.3) is 11.1 Å². The fourth-order valence-corrected chi connectivity index (χ4v) is 2.72. The van der Waals surface area contributed by atoms with Crippen molar-refractivity contribution >= 4 is 15.0 Å². The van der Waals surface area contributed by atoms with Crippen LogP contribution in [0.4, 0.5) is 0 Å². The second-order valence-electron chi connectivity index (χ2n) is 4.25. The van der Waals surface area contributed by atoms with Gasteiger partial charge in [0.05, 0.1) is 0 Å². The SMILES string of the molecule is Cc1ccc(-c2ccc(CC[Se]C#N)cc2)cc1. The average Bonchev–Trinajstić information content (AvgIpc) is 2.41. The van der Waals surface area contributed by atoms with Gasteiger partial charge < -0.3 is 0 Å². The predicted molar refractivity (Wildman–Crippen MR) is 76.5 cm³/mol. The summed E-state index contributed by atoms with van der Waals surface area (Å²) in [5.41, 5.74) is 5.12. The third-order valence-corrected chi connectivity index (χ3v) is 4.02. The first-order chi connectivity index (χ1) is 8.79. The first-order valence-corrected chi connectivity index (χ1v) is 8.03. The molecule has 0 aliphatic rings. The van der Waals surface area contributed by atoms with Gasteiger partial charge in [0.1, 0.15) is 0 Å². The van der Waals surface area contributed by atoms with Gasteiger partial charge in [-0.1, -0.05) is 0 Å². The zero-order valence-electron chi connectivity index (χ0n) is 10.4. The number of nitrogens with zero attached hydrogens (tertiary/aromatic N) is 1. The maximum absolute atomic E-state index is 8.54. The van der Waals surface area contributed by atoms with Crippen LogP contribution in [0.3, 0.4) is 0 Å². The van der Waals surface area contributed by atoms with Crippen molar-refractivity contribution in [3.8, 4) is 16.1 Å². The molecule has 90 valence electrons. The van der Waals surface area contributed by atoms with E-state index in [4.69, 9.17) is 5.26 Å². The normalized spacial score (nSPS) is 10.0. The van der Waals surface area contributed by atoms with Gasteiger partial charge in [-0.2, -0.15) is 0 Å². The molecule has 0 aliphatic heterocycles. The minimum atomic E-state index is 0.135. The van der Waals surface area contributed by atoms with E-state index in [1.807, 2.05) is 0 Å². The van der Waals surface area contributed by atoms with Crippen molar-refractivity contribution in [3.05, 3.63) is 59.7 Å². The van der Waals surface area contributed by atoms with Crippen LogP contribution in [0.2, 0.25) is 5.32 Å². The van der Waals surface area contributed by atoms with Crippen molar-refractivity contribution in [2.45, 2.75) is 18.7 Å². The molecule has 0 aromatic heterocycles. The van der Waals surface area contributed by atoms with E-state index in [9.17, 15) is 0 Å². The summed E-state index contributed by atoms with van der Waals surface area (Å²) in [7, 11) is 0. The van der Waals surface area contributed by atoms with Gasteiger partial charge in [0.15, 0.2) is 0 Å². The van der Waals surface area contributed by atoms with Crippen LogP contribution in [-0.2, 0) is 6.42 Å². The maximum atomic E-state index is 8.54. The van der Waals surface area contributed by atoms with Gasteiger partial charge >= 0.3 is 115 Å². The van der Waals surface area contributed by atoms with Gasteiger partial charge in [-0.3, -0.25) is 0 Å². The molecular weight excluding hydrogens is 285 g/mol. The van der Waals surface area contributed by atoms with Crippen molar-refractivity contribution < 1.29 is 0 Å². The Balaban J connectivity index is 2.08. The van der Waals surface area contributed by atoms with Gasteiger partial charge in [0, 0.05) is 0 Å². The topological polar surface area (TPSA) is 23.8 Å². The Morgan fingerprint density at radius 3 is 2.06 bits per heavy atom. The van der Waals surface area contributed by atoms with Gasteiger partial charge in [-0.15, -0.1) is 0 Å². The molecule has 0 bridgehead atoms. The zero-order chi connectivity index (χ0) is 12.8. The monoisotopic (exact) mass is 301 g/mol. The third kappa shape index (κ3) is 3.47. The summed E-state index contributed by atoms with van der Waals surface area (Å²) < 4.78 is 0. The van der Waals surface area contributed by atoms with Crippen LogP contribution >= 0.6 is 0 Å². The van der Waals surface area contributed by atoms with E-state index in [1.165, 1.54) is 22.3 Å². The minimum absolute atomic E-state index is 0.135. The first kappa shape index (κ1) is 12.9. The molecule has 2 rings (SSSR count). The molecule has 0 fully saturated rings. The van der Waals surface area contributed by atoms with E-state index < -0.39 is 0 Å². The summed E-state index contributed by atoms with van der Waals surface area (Å²) in [6.45, 7) is 2.10. The van der Waals surface area contributed by atoms with Crippen molar-refractivity contribution in [3.63, 3.8) is 0 Å². The number of aryl methyl sites for hydroxylation is 2. The Bertz CT molecular complexity index is 535. The molecule has 0 amide bonds. The predicted octanol–water partition coefficient (Wildman–Crippen LogP) is 3.81. The van der Waals surface area contributed by atoms with Gasteiger partial charge in [-0.05, 0) is 0 Å². The Morgan fingerprint density at radius 2 is 1.50 bits per heavy atom. The van der Waals surface area contributed by atoms with Crippen LogP contribution < -0.4 is 0 Å². The molecule has 0 saturated carbocycles. The molecule has 0 spiro atoms. The second-order valence-corrected chi connectivity index (χ2v) is 6.10. The van der Waals surface area contributed by atoms with E-state index in [2.05, 4.69) is 60.4 Å². The van der Waals surface area contributed by atoms with Crippen LogP contribution in [0.15, 0.2) is 48.5 Å².